The topological polar surface area (TPSA) is 89.8 Å². The number of ether oxygens (including phenoxy) is 1. The number of nitrogens with zero attached hydrogens (tertiary/aromatic N) is 4. The Hall–Kier alpha value is -2.55. The maximum atomic E-state index is 8.69. The van der Waals surface area contributed by atoms with E-state index in [0.717, 1.165) is 12.1 Å². The van der Waals surface area contributed by atoms with E-state index in [0.29, 0.717) is 18.0 Å². The molecule has 0 spiro atoms. The van der Waals surface area contributed by atoms with Gasteiger partial charge in [-0.1, -0.05) is 6.92 Å². The fourth-order valence-electron chi connectivity index (χ4n) is 1.48. The molecule has 2 aromatic rings. The molecule has 1 aromatic heterocycles. The Balaban J connectivity index is 2.32. The second-order valence-corrected chi connectivity index (χ2v) is 3.73. The van der Waals surface area contributed by atoms with E-state index in [9.17, 15) is 0 Å². The number of aromatic nitrogens is 3. The van der Waals surface area contributed by atoms with Gasteiger partial charge in [-0.2, -0.15) is 5.26 Å². The molecule has 18 heavy (non-hydrogen) atoms. The number of hydrogen-bond donors (Lipinski definition) is 1. The summed E-state index contributed by atoms with van der Waals surface area (Å²) in [5, 5.41) is 12.7. The van der Waals surface area contributed by atoms with Gasteiger partial charge in [-0.05, 0) is 12.5 Å². The van der Waals surface area contributed by atoms with E-state index in [-0.39, 0.29) is 5.82 Å². The number of rotatable bonds is 4. The zero-order valence-corrected chi connectivity index (χ0v) is 10.00. The van der Waals surface area contributed by atoms with Gasteiger partial charge in [0.25, 0.3) is 5.82 Å². The van der Waals surface area contributed by atoms with Gasteiger partial charge in [-0.25, -0.2) is 9.67 Å². The van der Waals surface area contributed by atoms with Gasteiger partial charge in [0, 0.05) is 17.8 Å². The molecule has 0 bridgehead atoms. The van der Waals surface area contributed by atoms with Crippen molar-refractivity contribution < 1.29 is 4.74 Å². The quantitative estimate of drug-likeness (QED) is 0.822. The highest BCUT2D eigenvalue weighted by Crippen LogP contribution is 2.21. The Morgan fingerprint density at radius 2 is 2.28 bits per heavy atom. The van der Waals surface area contributed by atoms with Crippen molar-refractivity contribution >= 4 is 5.69 Å². The van der Waals surface area contributed by atoms with Gasteiger partial charge in [0.2, 0.25) is 0 Å². The molecule has 0 aliphatic heterocycles. The van der Waals surface area contributed by atoms with Crippen molar-refractivity contribution in [2.75, 3.05) is 12.3 Å². The number of anilines is 1. The van der Waals surface area contributed by atoms with Crippen molar-refractivity contribution in [3.8, 4) is 17.5 Å². The molecule has 92 valence electrons. The molecule has 0 fully saturated rings. The largest absolute Gasteiger partial charge is 0.493 e. The predicted octanol–water partition coefficient (Wildman–Crippen LogP) is 1.51. The van der Waals surface area contributed by atoms with Crippen LogP contribution in [0.3, 0.4) is 0 Å². The summed E-state index contributed by atoms with van der Waals surface area (Å²) in [7, 11) is 0. The molecular formula is C12H13N5O. The van der Waals surface area contributed by atoms with Crippen LogP contribution in [0.15, 0.2) is 24.5 Å². The van der Waals surface area contributed by atoms with E-state index in [2.05, 4.69) is 10.1 Å². The maximum absolute atomic E-state index is 8.69. The molecule has 0 unspecified atom stereocenters. The highest BCUT2D eigenvalue weighted by molar-refractivity contribution is 5.53. The van der Waals surface area contributed by atoms with Crippen LogP contribution >= 0.6 is 0 Å². The average molecular weight is 243 g/mol. The van der Waals surface area contributed by atoms with Crippen LogP contribution in [0, 0.1) is 11.3 Å². The Kier molecular flexibility index (Phi) is 3.44. The standard InChI is InChI=1S/C12H13N5O/c1-2-3-18-11-5-9(14)4-10(6-11)17-8-15-12(7-13)16-17/h4-6,8H,2-3,14H2,1H3. The highest BCUT2D eigenvalue weighted by Gasteiger charge is 2.05. The Morgan fingerprint density at radius 1 is 1.44 bits per heavy atom. The number of benzene rings is 1. The van der Waals surface area contributed by atoms with E-state index in [1.807, 2.05) is 19.1 Å². The second kappa shape index (κ2) is 5.19. The Labute approximate surface area is 105 Å². The lowest BCUT2D eigenvalue weighted by Crippen LogP contribution is -2.00. The van der Waals surface area contributed by atoms with Gasteiger partial charge in [0.05, 0.1) is 12.3 Å². The van der Waals surface area contributed by atoms with Crippen LogP contribution in [0.1, 0.15) is 19.2 Å². The molecule has 0 amide bonds. The summed E-state index contributed by atoms with van der Waals surface area (Å²) < 4.78 is 7.02. The summed E-state index contributed by atoms with van der Waals surface area (Å²) in [4.78, 5) is 3.84. The smallest absolute Gasteiger partial charge is 0.252 e. The SMILES string of the molecule is CCCOc1cc(N)cc(-n2cnc(C#N)n2)c1. The lowest BCUT2D eigenvalue weighted by molar-refractivity contribution is 0.317. The van der Waals surface area contributed by atoms with Crippen molar-refractivity contribution in [1.82, 2.24) is 14.8 Å². The van der Waals surface area contributed by atoms with Gasteiger partial charge in [0.1, 0.15) is 18.1 Å². The third-order valence-electron chi connectivity index (χ3n) is 2.24. The van der Waals surface area contributed by atoms with E-state index >= 15 is 0 Å². The van der Waals surface area contributed by atoms with E-state index in [1.165, 1.54) is 11.0 Å². The van der Waals surface area contributed by atoms with Crippen LogP contribution in [-0.4, -0.2) is 21.4 Å². The van der Waals surface area contributed by atoms with Gasteiger partial charge in [0.15, 0.2) is 0 Å². The zero-order valence-electron chi connectivity index (χ0n) is 10.00. The molecule has 0 aliphatic carbocycles. The van der Waals surface area contributed by atoms with Crippen molar-refractivity contribution in [2.24, 2.45) is 0 Å². The normalized spacial score (nSPS) is 10.0. The van der Waals surface area contributed by atoms with Crippen LogP contribution < -0.4 is 10.5 Å². The van der Waals surface area contributed by atoms with Crippen LogP contribution in [-0.2, 0) is 0 Å². The van der Waals surface area contributed by atoms with E-state index in [1.54, 1.807) is 12.1 Å². The van der Waals surface area contributed by atoms with Gasteiger partial charge in [-0.15, -0.1) is 5.10 Å². The van der Waals surface area contributed by atoms with Gasteiger partial charge in [-0.3, -0.25) is 0 Å². The summed E-state index contributed by atoms with van der Waals surface area (Å²) in [5.41, 5.74) is 7.10. The van der Waals surface area contributed by atoms with Crippen molar-refractivity contribution in [2.45, 2.75) is 13.3 Å². The summed E-state index contributed by atoms with van der Waals surface area (Å²) in [6.07, 6.45) is 2.39. The van der Waals surface area contributed by atoms with Crippen LogP contribution in [0.25, 0.3) is 5.69 Å². The minimum Gasteiger partial charge on any atom is -0.493 e. The second-order valence-electron chi connectivity index (χ2n) is 3.73. The monoisotopic (exact) mass is 243 g/mol. The lowest BCUT2D eigenvalue weighted by atomic mass is 10.2. The Bertz CT molecular complexity index is 584. The number of nitriles is 1. The van der Waals surface area contributed by atoms with Crippen LogP contribution in [0.2, 0.25) is 0 Å². The minimum absolute atomic E-state index is 0.119. The molecule has 1 aromatic carbocycles. The number of nitrogens with two attached hydrogens (primary N) is 1. The minimum atomic E-state index is 0.119. The molecule has 6 heteroatoms. The van der Waals surface area contributed by atoms with Crippen molar-refractivity contribution in [1.29, 1.82) is 5.26 Å². The fourth-order valence-corrected chi connectivity index (χ4v) is 1.48. The molecule has 1 heterocycles. The first kappa shape index (κ1) is 11.9. The maximum Gasteiger partial charge on any atom is 0.252 e. The molecule has 0 aliphatic rings. The van der Waals surface area contributed by atoms with Gasteiger partial charge >= 0.3 is 0 Å². The fraction of sp³-hybridized carbons (Fsp3) is 0.250. The van der Waals surface area contributed by atoms with Crippen LogP contribution in [0.4, 0.5) is 5.69 Å². The zero-order chi connectivity index (χ0) is 13.0. The third-order valence-corrected chi connectivity index (χ3v) is 2.24. The molecule has 0 saturated carbocycles. The van der Waals surface area contributed by atoms with E-state index in [4.69, 9.17) is 15.7 Å². The molecule has 2 rings (SSSR count). The average Bonchev–Trinajstić information content (AvgIpc) is 2.84. The number of nitrogen functional groups attached to an aromatic ring is 1. The summed E-state index contributed by atoms with van der Waals surface area (Å²) in [6.45, 7) is 2.66. The van der Waals surface area contributed by atoms with E-state index < -0.39 is 0 Å². The first-order valence-corrected chi connectivity index (χ1v) is 5.58. The van der Waals surface area contributed by atoms with Crippen molar-refractivity contribution in [3.05, 3.63) is 30.4 Å². The van der Waals surface area contributed by atoms with Crippen molar-refractivity contribution in [3.63, 3.8) is 0 Å². The third kappa shape index (κ3) is 2.58. The summed E-state index contributed by atoms with van der Waals surface area (Å²) in [5.74, 6) is 0.800. The summed E-state index contributed by atoms with van der Waals surface area (Å²) in [6, 6.07) is 7.18. The van der Waals surface area contributed by atoms with Crippen LogP contribution in [0.5, 0.6) is 5.75 Å². The predicted molar refractivity (Wildman–Crippen MR) is 66.3 cm³/mol. The molecule has 0 saturated heterocycles. The molecule has 0 radical (unpaired) electrons. The Morgan fingerprint density at radius 3 is 2.94 bits per heavy atom. The van der Waals surface area contributed by atoms with Gasteiger partial charge < -0.3 is 10.5 Å². The first-order chi connectivity index (χ1) is 8.72. The molecule has 6 nitrogen and oxygen atoms in total. The molecular weight excluding hydrogens is 230 g/mol. The summed E-state index contributed by atoms with van der Waals surface area (Å²) >= 11 is 0. The highest BCUT2D eigenvalue weighted by atomic mass is 16.5. The molecule has 2 N–H and O–H groups in total. The first-order valence-electron chi connectivity index (χ1n) is 5.58. The number of hydrogen-bond acceptors (Lipinski definition) is 5. The lowest BCUT2D eigenvalue weighted by Gasteiger charge is -2.08. The molecule has 0 atom stereocenters.